The fraction of sp³-hybridized carbons (Fsp3) is 0.154. The lowest BCUT2D eigenvalue weighted by Crippen LogP contribution is -2.07. The molecule has 1 unspecified atom stereocenters. The molecule has 1 heterocycles. The molecule has 1 atom stereocenters. The van der Waals surface area contributed by atoms with Crippen LogP contribution >= 0.6 is 0 Å². The number of rotatable bonds is 3. The molecule has 0 fully saturated rings. The first-order valence-corrected chi connectivity index (χ1v) is 5.47. The Labute approximate surface area is 111 Å². The Morgan fingerprint density at radius 3 is 2.45 bits per heavy atom. The Morgan fingerprint density at radius 1 is 1.20 bits per heavy atom. The molecular formula is C13H9F3O4. The lowest BCUT2D eigenvalue weighted by Gasteiger charge is -2.11. The molecule has 1 aromatic carbocycles. The van der Waals surface area contributed by atoms with Gasteiger partial charge in [-0.15, -0.1) is 0 Å². The van der Waals surface area contributed by atoms with Gasteiger partial charge in [0.15, 0.2) is 0 Å². The molecule has 0 bridgehead atoms. The Hall–Kier alpha value is -2.28. The van der Waals surface area contributed by atoms with E-state index >= 15 is 0 Å². The van der Waals surface area contributed by atoms with Gasteiger partial charge in [0, 0.05) is 0 Å². The maximum atomic E-state index is 12.6. The number of benzene rings is 1. The Balaban J connectivity index is 2.33. The van der Waals surface area contributed by atoms with E-state index in [0.29, 0.717) is 0 Å². The third-order valence-electron chi connectivity index (χ3n) is 2.64. The molecule has 106 valence electrons. The van der Waals surface area contributed by atoms with Crippen LogP contribution < -0.4 is 0 Å². The monoisotopic (exact) mass is 286 g/mol. The van der Waals surface area contributed by atoms with E-state index in [1.807, 2.05) is 0 Å². The van der Waals surface area contributed by atoms with Crippen molar-refractivity contribution >= 4 is 5.97 Å². The number of aliphatic hydroxyl groups is 1. The van der Waals surface area contributed by atoms with Gasteiger partial charge in [-0.2, -0.15) is 13.2 Å². The summed E-state index contributed by atoms with van der Waals surface area (Å²) in [7, 11) is 0. The summed E-state index contributed by atoms with van der Waals surface area (Å²) in [5.74, 6) is -1.86. The third-order valence-corrected chi connectivity index (χ3v) is 2.64. The molecule has 1 aromatic heterocycles. The summed E-state index contributed by atoms with van der Waals surface area (Å²) >= 11 is 0. The van der Waals surface area contributed by atoms with E-state index in [1.54, 1.807) is 0 Å². The second kappa shape index (κ2) is 5.01. The molecule has 20 heavy (non-hydrogen) atoms. The molecule has 0 radical (unpaired) electrons. The quantitative estimate of drug-likeness (QED) is 0.909. The summed E-state index contributed by atoms with van der Waals surface area (Å²) < 4.78 is 42.5. The zero-order valence-corrected chi connectivity index (χ0v) is 9.89. The number of carbonyl (C=O) groups is 1. The first-order chi connectivity index (χ1) is 9.29. The lowest BCUT2D eigenvalue weighted by atomic mass is 10.0. The van der Waals surface area contributed by atoms with E-state index in [2.05, 4.69) is 0 Å². The van der Waals surface area contributed by atoms with Gasteiger partial charge in [0.05, 0.1) is 5.56 Å². The minimum absolute atomic E-state index is 0.0360. The number of furan rings is 1. The third kappa shape index (κ3) is 2.83. The van der Waals surface area contributed by atoms with Crippen LogP contribution in [0.4, 0.5) is 13.2 Å². The van der Waals surface area contributed by atoms with E-state index in [4.69, 9.17) is 9.52 Å². The van der Waals surface area contributed by atoms with Gasteiger partial charge in [0.2, 0.25) is 5.76 Å². The van der Waals surface area contributed by atoms with Gasteiger partial charge >= 0.3 is 12.1 Å². The van der Waals surface area contributed by atoms with Crippen LogP contribution in [0, 0.1) is 0 Å². The molecule has 0 aliphatic carbocycles. The normalized spacial score (nSPS) is 13.2. The fourth-order valence-corrected chi connectivity index (χ4v) is 1.66. The number of aliphatic hydroxyl groups excluding tert-OH is 1. The summed E-state index contributed by atoms with van der Waals surface area (Å²) in [4.78, 5) is 10.6. The second-order valence-corrected chi connectivity index (χ2v) is 4.03. The van der Waals surface area contributed by atoms with E-state index in [0.717, 1.165) is 24.3 Å². The number of halogens is 3. The van der Waals surface area contributed by atoms with Crippen LogP contribution in [0.3, 0.4) is 0 Å². The number of hydrogen-bond acceptors (Lipinski definition) is 3. The van der Waals surface area contributed by atoms with Crippen LogP contribution in [0.15, 0.2) is 40.8 Å². The van der Waals surface area contributed by atoms with E-state index in [1.165, 1.54) is 12.1 Å². The van der Waals surface area contributed by atoms with Crippen molar-refractivity contribution in [2.45, 2.75) is 12.3 Å². The van der Waals surface area contributed by atoms with E-state index < -0.39 is 29.6 Å². The molecule has 0 amide bonds. The number of alkyl halides is 3. The van der Waals surface area contributed by atoms with Crippen molar-refractivity contribution < 1.29 is 32.6 Å². The number of hydrogen-bond donors (Lipinski definition) is 2. The summed E-state index contributed by atoms with van der Waals surface area (Å²) in [6.45, 7) is 0. The molecule has 0 aliphatic rings. The molecule has 2 aromatic rings. The smallest absolute Gasteiger partial charge is 0.416 e. The minimum Gasteiger partial charge on any atom is -0.475 e. The Kier molecular flexibility index (Phi) is 3.54. The highest BCUT2D eigenvalue weighted by Crippen LogP contribution is 2.32. The highest BCUT2D eigenvalue weighted by atomic mass is 19.4. The first kappa shape index (κ1) is 14.1. The topological polar surface area (TPSA) is 70.7 Å². The summed E-state index contributed by atoms with van der Waals surface area (Å²) in [5.41, 5.74) is -0.940. The van der Waals surface area contributed by atoms with Crippen molar-refractivity contribution in [1.82, 2.24) is 0 Å². The van der Waals surface area contributed by atoms with Gasteiger partial charge in [0.1, 0.15) is 11.9 Å². The van der Waals surface area contributed by atoms with Crippen molar-refractivity contribution in [2.75, 3.05) is 0 Å². The maximum Gasteiger partial charge on any atom is 0.416 e. The second-order valence-electron chi connectivity index (χ2n) is 4.03. The molecule has 2 N–H and O–H groups in total. The van der Waals surface area contributed by atoms with Crippen LogP contribution in [-0.2, 0) is 6.18 Å². The molecule has 0 saturated heterocycles. The molecule has 0 saturated carbocycles. The largest absolute Gasteiger partial charge is 0.475 e. The maximum absolute atomic E-state index is 12.6. The van der Waals surface area contributed by atoms with Gasteiger partial charge in [-0.25, -0.2) is 4.79 Å². The average molecular weight is 286 g/mol. The standard InChI is InChI=1S/C13H9F3O4/c14-13(15,16)8-3-1-2-7(6-8)11(17)9-4-5-10(20-9)12(18)19/h1-6,11,17H,(H,18,19). The van der Waals surface area contributed by atoms with Crippen molar-refractivity contribution in [1.29, 1.82) is 0 Å². The van der Waals surface area contributed by atoms with Gasteiger partial charge in [-0.05, 0) is 29.8 Å². The average Bonchev–Trinajstić information content (AvgIpc) is 2.87. The van der Waals surface area contributed by atoms with Crippen LogP contribution in [-0.4, -0.2) is 16.2 Å². The van der Waals surface area contributed by atoms with Crippen molar-refractivity contribution in [2.24, 2.45) is 0 Å². The summed E-state index contributed by atoms with van der Waals surface area (Å²) in [5, 5.41) is 18.6. The van der Waals surface area contributed by atoms with Gasteiger partial charge in [0.25, 0.3) is 0 Å². The van der Waals surface area contributed by atoms with Crippen LogP contribution in [0.1, 0.15) is 33.5 Å². The zero-order valence-electron chi connectivity index (χ0n) is 9.89. The zero-order chi connectivity index (χ0) is 14.9. The molecular weight excluding hydrogens is 277 g/mol. The number of aromatic carboxylic acids is 1. The molecule has 7 heteroatoms. The summed E-state index contributed by atoms with van der Waals surface area (Å²) in [6.07, 6.45) is -5.99. The predicted molar refractivity (Wildman–Crippen MR) is 61.2 cm³/mol. The Morgan fingerprint density at radius 2 is 1.90 bits per heavy atom. The Bertz CT molecular complexity index is 631. The van der Waals surface area contributed by atoms with Crippen molar-refractivity contribution in [3.05, 3.63) is 59.0 Å². The van der Waals surface area contributed by atoms with Gasteiger partial charge in [-0.3, -0.25) is 0 Å². The molecule has 0 aliphatic heterocycles. The van der Waals surface area contributed by atoms with E-state index in [9.17, 15) is 23.1 Å². The van der Waals surface area contributed by atoms with Crippen LogP contribution in [0.2, 0.25) is 0 Å². The fourth-order valence-electron chi connectivity index (χ4n) is 1.66. The summed E-state index contributed by atoms with van der Waals surface area (Å²) in [6, 6.07) is 6.43. The predicted octanol–water partition coefficient (Wildman–Crippen LogP) is 3.08. The highest BCUT2D eigenvalue weighted by Gasteiger charge is 2.31. The number of carboxylic acid groups (broad SMARTS) is 1. The van der Waals surface area contributed by atoms with Crippen molar-refractivity contribution in [3.63, 3.8) is 0 Å². The SMILES string of the molecule is O=C(O)c1ccc(C(O)c2cccc(C(F)(F)F)c2)o1. The van der Waals surface area contributed by atoms with Crippen molar-refractivity contribution in [3.8, 4) is 0 Å². The highest BCUT2D eigenvalue weighted by molar-refractivity contribution is 5.84. The lowest BCUT2D eigenvalue weighted by molar-refractivity contribution is -0.137. The number of carboxylic acids is 1. The minimum atomic E-state index is -4.52. The molecule has 0 spiro atoms. The van der Waals surface area contributed by atoms with Crippen LogP contribution in [0.5, 0.6) is 0 Å². The van der Waals surface area contributed by atoms with Gasteiger partial charge in [-0.1, -0.05) is 12.1 Å². The first-order valence-electron chi connectivity index (χ1n) is 5.47. The van der Waals surface area contributed by atoms with E-state index in [-0.39, 0.29) is 11.3 Å². The van der Waals surface area contributed by atoms with Crippen LogP contribution in [0.25, 0.3) is 0 Å². The van der Waals surface area contributed by atoms with Gasteiger partial charge < -0.3 is 14.6 Å². The molecule has 4 nitrogen and oxygen atoms in total. The molecule has 2 rings (SSSR count).